The zero-order valence-corrected chi connectivity index (χ0v) is 11.7. The zero-order chi connectivity index (χ0) is 15.1. The molecule has 1 atom stereocenters. The van der Waals surface area contributed by atoms with Crippen molar-refractivity contribution in [3.05, 3.63) is 30.3 Å². The maximum atomic E-state index is 10.4. The van der Waals surface area contributed by atoms with E-state index >= 15 is 0 Å². The fourth-order valence-electron chi connectivity index (χ4n) is 1.20. The molecule has 19 heavy (non-hydrogen) atoms. The molecule has 108 valence electrons. The van der Waals surface area contributed by atoms with Crippen LogP contribution in [0.25, 0.3) is 0 Å². The first-order chi connectivity index (χ1) is 8.64. The average molecular weight is 289 g/mol. The van der Waals surface area contributed by atoms with Crippen molar-refractivity contribution >= 4 is 16.1 Å². The lowest BCUT2D eigenvalue weighted by atomic mass is 10.1. The second-order valence-electron chi connectivity index (χ2n) is 4.36. The molecule has 0 spiro atoms. The van der Waals surface area contributed by atoms with Crippen molar-refractivity contribution in [1.82, 2.24) is 0 Å². The van der Waals surface area contributed by atoms with E-state index in [9.17, 15) is 13.2 Å². The number of hydrogen-bond acceptors (Lipinski definition) is 4. The summed E-state index contributed by atoms with van der Waals surface area (Å²) >= 11 is 0. The van der Waals surface area contributed by atoms with E-state index < -0.39 is 22.1 Å². The van der Waals surface area contributed by atoms with Gasteiger partial charge in [-0.1, -0.05) is 32.0 Å². The molecule has 0 aliphatic heterocycles. The first-order valence-electron chi connectivity index (χ1n) is 5.65. The third-order valence-corrected chi connectivity index (χ3v) is 2.95. The van der Waals surface area contributed by atoms with Gasteiger partial charge in [0.2, 0.25) is 0 Å². The molecule has 0 saturated carbocycles. The molecule has 0 bridgehead atoms. The van der Waals surface area contributed by atoms with Gasteiger partial charge in [0.05, 0.1) is 4.90 Å². The first-order valence-corrected chi connectivity index (χ1v) is 7.09. The lowest BCUT2D eigenvalue weighted by Gasteiger charge is -2.07. The van der Waals surface area contributed by atoms with Gasteiger partial charge in [-0.2, -0.15) is 8.42 Å². The lowest BCUT2D eigenvalue weighted by molar-refractivity contribution is -0.138. The van der Waals surface area contributed by atoms with E-state index in [0.717, 1.165) is 0 Å². The molecule has 1 rings (SSSR count). The van der Waals surface area contributed by atoms with Gasteiger partial charge in [-0.3, -0.25) is 9.35 Å². The van der Waals surface area contributed by atoms with E-state index in [-0.39, 0.29) is 4.90 Å². The topological polar surface area (TPSA) is 118 Å². The highest BCUT2D eigenvalue weighted by Gasteiger charge is 2.11. The highest BCUT2D eigenvalue weighted by atomic mass is 32.2. The third kappa shape index (κ3) is 8.30. The summed E-state index contributed by atoms with van der Waals surface area (Å²) in [6.07, 6.45) is 0.551. The van der Waals surface area contributed by atoms with Crippen LogP contribution in [0, 0.1) is 5.92 Å². The minimum Gasteiger partial charge on any atom is -0.480 e. The van der Waals surface area contributed by atoms with Crippen molar-refractivity contribution in [2.24, 2.45) is 11.7 Å². The summed E-state index contributed by atoms with van der Waals surface area (Å²) in [5.74, 6) is -0.556. The average Bonchev–Trinajstić information content (AvgIpc) is 2.29. The molecule has 0 heterocycles. The molecule has 0 fully saturated rings. The molecule has 0 amide bonds. The van der Waals surface area contributed by atoms with Crippen LogP contribution in [0.2, 0.25) is 0 Å². The van der Waals surface area contributed by atoms with Crippen LogP contribution in [0.4, 0.5) is 0 Å². The Kier molecular flexibility index (Phi) is 7.28. The van der Waals surface area contributed by atoms with Crippen LogP contribution < -0.4 is 5.73 Å². The molecule has 4 N–H and O–H groups in total. The molecule has 0 radical (unpaired) electrons. The second-order valence-corrected chi connectivity index (χ2v) is 5.78. The van der Waals surface area contributed by atoms with Gasteiger partial charge in [-0.25, -0.2) is 0 Å². The Morgan fingerprint density at radius 1 is 1.26 bits per heavy atom. The summed E-state index contributed by atoms with van der Waals surface area (Å²) < 4.78 is 29.2. The van der Waals surface area contributed by atoms with Crippen LogP contribution in [0.5, 0.6) is 0 Å². The number of aliphatic carboxylic acids is 1. The largest absolute Gasteiger partial charge is 0.480 e. The van der Waals surface area contributed by atoms with E-state index in [1.165, 1.54) is 12.1 Å². The number of benzene rings is 1. The molecule has 0 aromatic heterocycles. The molecular formula is C12H19NO5S. The van der Waals surface area contributed by atoms with Crippen molar-refractivity contribution in [2.75, 3.05) is 0 Å². The van der Waals surface area contributed by atoms with Crippen molar-refractivity contribution in [3.8, 4) is 0 Å². The summed E-state index contributed by atoms with van der Waals surface area (Å²) in [4.78, 5) is 10.0. The van der Waals surface area contributed by atoms with Crippen LogP contribution in [0.15, 0.2) is 35.2 Å². The van der Waals surface area contributed by atoms with Gasteiger partial charge in [-0.05, 0) is 24.5 Å². The number of carboxylic acid groups (broad SMARTS) is 1. The molecular weight excluding hydrogens is 270 g/mol. The molecule has 0 aliphatic carbocycles. The molecule has 7 heteroatoms. The van der Waals surface area contributed by atoms with Crippen molar-refractivity contribution in [1.29, 1.82) is 0 Å². The standard InChI is InChI=1S/C6H13NO2.C6H6O3S/c1-4(2)3-5(7)6(8)9;7-10(8,9)6-4-2-1-3-5-6/h4-5H,3,7H2,1-2H3,(H,8,9);1-5H,(H,7,8,9). The Labute approximate surface area is 113 Å². The molecule has 0 saturated heterocycles. The first kappa shape index (κ1) is 17.6. The number of hydrogen-bond donors (Lipinski definition) is 3. The number of nitrogens with two attached hydrogens (primary N) is 1. The minimum absolute atomic E-state index is 0.0741. The SMILES string of the molecule is CC(C)CC(N)C(=O)O.O=S(=O)(O)c1ccccc1. The smallest absolute Gasteiger partial charge is 0.320 e. The van der Waals surface area contributed by atoms with Gasteiger partial charge in [0.1, 0.15) is 6.04 Å². The van der Waals surface area contributed by atoms with Crippen LogP contribution >= 0.6 is 0 Å². The van der Waals surface area contributed by atoms with Crippen LogP contribution in [0.1, 0.15) is 20.3 Å². The minimum atomic E-state index is -4.00. The van der Waals surface area contributed by atoms with Gasteiger partial charge >= 0.3 is 5.97 Å². The van der Waals surface area contributed by atoms with Crippen molar-refractivity contribution in [2.45, 2.75) is 31.2 Å². The van der Waals surface area contributed by atoms with Crippen LogP contribution in [-0.4, -0.2) is 30.1 Å². The Morgan fingerprint density at radius 2 is 1.74 bits per heavy atom. The van der Waals surface area contributed by atoms with Gasteiger partial charge < -0.3 is 10.8 Å². The molecule has 1 aromatic rings. The van der Waals surface area contributed by atoms with Crippen LogP contribution in [-0.2, 0) is 14.9 Å². The Morgan fingerprint density at radius 3 is 1.95 bits per heavy atom. The molecule has 1 unspecified atom stereocenters. The predicted molar refractivity (Wildman–Crippen MR) is 71.3 cm³/mol. The molecule has 1 aromatic carbocycles. The highest BCUT2D eigenvalue weighted by molar-refractivity contribution is 7.85. The molecule has 0 aliphatic rings. The fourth-order valence-corrected chi connectivity index (χ4v) is 1.70. The zero-order valence-electron chi connectivity index (χ0n) is 10.9. The number of carbonyl (C=O) groups is 1. The highest BCUT2D eigenvalue weighted by Crippen LogP contribution is 2.05. The predicted octanol–water partition coefficient (Wildman–Crippen LogP) is 1.38. The summed E-state index contributed by atoms with van der Waals surface area (Å²) in [5.41, 5.74) is 5.22. The number of rotatable bonds is 4. The summed E-state index contributed by atoms with van der Waals surface area (Å²) in [5, 5.41) is 8.31. The van der Waals surface area contributed by atoms with Crippen molar-refractivity contribution in [3.63, 3.8) is 0 Å². The van der Waals surface area contributed by atoms with E-state index in [0.29, 0.717) is 12.3 Å². The van der Waals surface area contributed by atoms with Crippen molar-refractivity contribution < 1.29 is 22.9 Å². The lowest BCUT2D eigenvalue weighted by Crippen LogP contribution is -2.31. The van der Waals surface area contributed by atoms with Gasteiger partial charge in [0.25, 0.3) is 10.1 Å². The summed E-state index contributed by atoms with van der Waals surface area (Å²) in [6, 6.07) is 6.73. The normalized spacial score (nSPS) is 12.5. The summed E-state index contributed by atoms with van der Waals surface area (Å²) in [6.45, 7) is 3.89. The van der Waals surface area contributed by atoms with E-state index in [2.05, 4.69) is 0 Å². The van der Waals surface area contributed by atoms with Crippen LogP contribution in [0.3, 0.4) is 0 Å². The van der Waals surface area contributed by atoms with Gasteiger partial charge in [0, 0.05) is 0 Å². The van der Waals surface area contributed by atoms with Gasteiger partial charge in [0.15, 0.2) is 0 Å². The Balaban J connectivity index is 0.000000344. The Bertz CT molecular complexity index is 484. The quantitative estimate of drug-likeness (QED) is 0.721. The fraction of sp³-hybridized carbons (Fsp3) is 0.417. The van der Waals surface area contributed by atoms with Gasteiger partial charge in [-0.15, -0.1) is 0 Å². The van der Waals surface area contributed by atoms with E-state index in [1.54, 1.807) is 18.2 Å². The maximum Gasteiger partial charge on any atom is 0.320 e. The number of carboxylic acids is 1. The monoisotopic (exact) mass is 289 g/mol. The van der Waals surface area contributed by atoms with E-state index in [4.69, 9.17) is 15.4 Å². The maximum absolute atomic E-state index is 10.4. The second kappa shape index (κ2) is 7.88. The summed E-state index contributed by atoms with van der Waals surface area (Å²) in [7, 11) is -4.00. The molecule has 6 nitrogen and oxygen atoms in total. The Hall–Kier alpha value is -1.44. The third-order valence-electron chi connectivity index (χ3n) is 2.08. The van der Waals surface area contributed by atoms with E-state index in [1.807, 2.05) is 13.8 Å².